The number of nitrogens with zero attached hydrogens (tertiary/aromatic N) is 2. The van der Waals surface area contributed by atoms with E-state index in [4.69, 9.17) is 0 Å². The first-order valence-corrected chi connectivity index (χ1v) is 16.7. The molecule has 2 aliphatic rings. The average Bonchev–Trinajstić information content (AvgIpc) is 3.17. The molecule has 42 heavy (non-hydrogen) atoms. The number of piperidine rings is 1. The Kier molecular flexibility index (Phi) is 10.6. The highest BCUT2D eigenvalue weighted by atomic mass is 127. The number of nitrogens with one attached hydrogen (secondary N) is 2. The van der Waals surface area contributed by atoms with E-state index in [1.807, 2.05) is 24.3 Å². The molecule has 0 spiro atoms. The summed E-state index contributed by atoms with van der Waals surface area (Å²) in [6.45, 7) is 10.7. The van der Waals surface area contributed by atoms with E-state index >= 15 is 0 Å². The maximum absolute atomic E-state index is 14.2. The van der Waals surface area contributed by atoms with Gasteiger partial charge in [-0.25, -0.2) is 0 Å². The molecule has 3 aromatic rings. The van der Waals surface area contributed by atoms with Crippen LogP contribution >= 0.6 is 22.6 Å². The van der Waals surface area contributed by atoms with Crippen LogP contribution in [-0.4, -0.2) is 72.5 Å². The van der Waals surface area contributed by atoms with Crippen molar-refractivity contribution in [3.05, 3.63) is 81.4 Å². The van der Waals surface area contributed by atoms with E-state index < -0.39 is 0 Å². The molecule has 2 fully saturated rings. The normalized spacial score (nSPS) is 21.5. The SMILES string of the molecule is CC[C@H](CN1CCC(CNC(=O)c2ccc3cc(I)ccc3c2)NC(C2CCN(C(C)C)CC2)C1=O)c1ccccc1. The lowest BCUT2D eigenvalue weighted by molar-refractivity contribution is -0.134. The number of likely N-dealkylation sites (tertiary alicyclic amines) is 1. The van der Waals surface area contributed by atoms with Gasteiger partial charge in [0, 0.05) is 46.8 Å². The van der Waals surface area contributed by atoms with Gasteiger partial charge in [0.15, 0.2) is 0 Å². The number of carbonyl (C=O) groups is 2. The summed E-state index contributed by atoms with van der Waals surface area (Å²) < 4.78 is 1.18. The molecular formula is C35H45IN4O2. The van der Waals surface area contributed by atoms with Crippen LogP contribution in [0.1, 0.15) is 68.3 Å². The van der Waals surface area contributed by atoms with E-state index in [1.165, 1.54) is 9.13 Å². The first-order valence-electron chi connectivity index (χ1n) is 15.6. The Balaban J connectivity index is 1.29. The monoisotopic (exact) mass is 680 g/mol. The highest BCUT2D eigenvalue weighted by Gasteiger charge is 2.38. The molecule has 224 valence electrons. The second kappa shape index (κ2) is 14.3. The Bertz CT molecular complexity index is 1360. The number of amides is 2. The van der Waals surface area contributed by atoms with Gasteiger partial charge in [0.05, 0.1) is 6.04 Å². The zero-order valence-corrected chi connectivity index (χ0v) is 27.3. The fourth-order valence-corrected chi connectivity index (χ4v) is 7.13. The third-order valence-electron chi connectivity index (χ3n) is 9.29. The molecule has 2 aliphatic heterocycles. The van der Waals surface area contributed by atoms with Crippen LogP contribution in [0.15, 0.2) is 66.7 Å². The Labute approximate surface area is 264 Å². The van der Waals surface area contributed by atoms with Crippen molar-refractivity contribution in [2.45, 2.75) is 70.5 Å². The van der Waals surface area contributed by atoms with Crippen LogP contribution in [-0.2, 0) is 4.79 Å². The van der Waals surface area contributed by atoms with Crippen molar-refractivity contribution in [2.24, 2.45) is 5.92 Å². The van der Waals surface area contributed by atoms with Gasteiger partial charge in [0.25, 0.3) is 5.91 Å². The van der Waals surface area contributed by atoms with Gasteiger partial charge in [0.2, 0.25) is 5.91 Å². The molecule has 0 bridgehead atoms. The summed E-state index contributed by atoms with van der Waals surface area (Å²) in [5, 5.41) is 9.14. The molecule has 6 nitrogen and oxygen atoms in total. The summed E-state index contributed by atoms with van der Waals surface area (Å²) in [5.41, 5.74) is 1.96. The number of fused-ring (bicyclic) bond motifs is 1. The summed E-state index contributed by atoms with van der Waals surface area (Å²) in [5.74, 6) is 0.768. The fraction of sp³-hybridized carbons (Fsp3) is 0.486. The molecular weight excluding hydrogens is 635 g/mol. The van der Waals surface area contributed by atoms with Crippen molar-refractivity contribution in [3.63, 3.8) is 0 Å². The van der Waals surface area contributed by atoms with E-state index in [0.29, 0.717) is 36.5 Å². The number of rotatable bonds is 9. The van der Waals surface area contributed by atoms with E-state index in [9.17, 15) is 9.59 Å². The van der Waals surface area contributed by atoms with E-state index in [2.05, 4.69) is 106 Å². The molecule has 2 N–H and O–H groups in total. The highest BCUT2D eigenvalue weighted by Crippen LogP contribution is 2.28. The Morgan fingerprint density at radius 1 is 0.976 bits per heavy atom. The first kappa shape index (κ1) is 31.0. The minimum absolute atomic E-state index is 0.0369. The molecule has 0 radical (unpaired) electrons. The summed E-state index contributed by atoms with van der Waals surface area (Å²) in [7, 11) is 0. The largest absolute Gasteiger partial charge is 0.350 e. The van der Waals surface area contributed by atoms with Crippen LogP contribution in [0.25, 0.3) is 10.8 Å². The average molecular weight is 681 g/mol. The summed E-state index contributed by atoms with van der Waals surface area (Å²) in [6.07, 6.45) is 3.83. The van der Waals surface area contributed by atoms with Gasteiger partial charge >= 0.3 is 0 Å². The van der Waals surface area contributed by atoms with Gasteiger partial charge in [-0.3, -0.25) is 9.59 Å². The second-order valence-electron chi connectivity index (χ2n) is 12.3. The Morgan fingerprint density at radius 2 is 1.69 bits per heavy atom. The number of hydrogen-bond acceptors (Lipinski definition) is 4. The lowest BCUT2D eigenvalue weighted by Gasteiger charge is -2.39. The van der Waals surface area contributed by atoms with Crippen LogP contribution in [0, 0.1) is 9.49 Å². The molecule has 0 aromatic heterocycles. The molecule has 0 aliphatic carbocycles. The van der Waals surface area contributed by atoms with Gasteiger partial charge in [-0.15, -0.1) is 0 Å². The lowest BCUT2D eigenvalue weighted by Crippen LogP contribution is -2.55. The van der Waals surface area contributed by atoms with Crippen molar-refractivity contribution in [3.8, 4) is 0 Å². The molecule has 2 amide bonds. The smallest absolute Gasteiger partial charge is 0.251 e. The van der Waals surface area contributed by atoms with Crippen LogP contribution in [0.5, 0.6) is 0 Å². The third-order valence-corrected chi connectivity index (χ3v) is 9.97. The van der Waals surface area contributed by atoms with E-state index in [-0.39, 0.29) is 23.9 Å². The topological polar surface area (TPSA) is 64.7 Å². The van der Waals surface area contributed by atoms with Crippen molar-refractivity contribution < 1.29 is 9.59 Å². The van der Waals surface area contributed by atoms with Crippen molar-refractivity contribution in [2.75, 3.05) is 32.7 Å². The maximum atomic E-state index is 14.2. The first-order chi connectivity index (χ1) is 20.3. The van der Waals surface area contributed by atoms with Crippen LogP contribution in [0.4, 0.5) is 0 Å². The Hall–Kier alpha value is -2.49. The van der Waals surface area contributed by atoms with Crippen LogP contribution in [0.2, 0.25) is 0 Å². The standard InChI is InChI=1S/C35H45IN4O2/c1-4-25(26-8-6-5-7-9-26)23-40-19-16-32(38-33(35(40)42)27-14-17-39(18-15-27)24(2)3)22-37-34(41)30-11-10-29-21-31(36)13-12-28(29)20-30/h5-13,20-21,24-25,27,32-33,38H,4,14-19,22-23H2,1-3H3,(H,37,41)/t25-,32?,33?/m1/s1. The minimum Gasteiger partial charge on any atom is -0.350 e. The van der Waals surface area contributed by atoms with Crippen molar-refractivity contribution in [1.29, 1.82) is 0 Å². The quantitative estimate of drug-likeness (QED) is 0.271. The van der Waals surface area contributed by atoms with Gasteiger partial charge in [-0.05, 0) is 122 Å². The molecule has 2 unspecified atom stereocenters. The van der Waals surface area contributed by atoms with E-state index in [0.717, 1.165) is 56.1 Å². The molecule has 2 heterocycles. The maximum Gasteiger partial charge on any atom is 0.251 e. The Morgan fingerprint density at radius 3 is 2.40 bits per heavy atom. The predicted molar refractivity (Wildman–Crippen MR) is 180 cm³/mol. The summed E-state index contributed by atoms with van der Waals surface area (Å²) in [4.78, 5) is 32.0. The van der Waals surface area contributed by atoms with Crippen molar-refractivity contribution >= 4 is 45.2 Å². The molecule has 7 heteroatoms. The van der Waals surface area contributed by atoms with E-state index in [1.54, 1.807) is 0 Å². The number of halogens is 1. The number of hydrogen-bond donors (Lipinski definition) is 2. The van der Waals surface area contributed by atoms with Gasteiger partial charge in [-0.2, -0.15) is 0 Å². The fourth-order valence-electron chi connectivity index (χ4n) is 6.61. The molecule has 0 saturated carbocycles. The highest BCUT2D eigenvalue weighted by molar-refractivity contribution is 14.1. The zero-order chi connectivity index (χ0) is 29.6. The molecule has 5 rings (SSSR count). The van der Waals surface area contributed by atoms with Gasteiger partial charge in [-0.1, -0.05) is 49.4 Å². The second-order valence-corrected chi connectivity index (χ2v) is 13.6. The molecule has 3 aromatic carbocycles. The lowest BCUT2D eigenvalue weighted by atomic mass is 9.87. The number of benzene rings is 3. The summed E-state index contributed by atoms with van der Waals surface area (Å²) in [6, 6.07) is 23.1. The van der Waals surface area contributed by atoms with Gasteiger partial charge in [0.1, 0.15) is 0 Å². The molecule has 2 saturated heterocycles. The van der Waals surface area contributed by atoms with Crippen molar-refractivity contribution in [1.82, 2.24) is 20.4 Å². The number of carbonyl (C=O) groups excluding carboxylic acids is 2. The minimum atomic E-state index is -0.222. The zero-order valence-electron chi connectivity index (χ0n) is 25.2. The van der Waals surface area contributed by atoms with Gasteiger partial charge < -0.3 is 20.4 Å². The van der Waals surface area contributed by atoms with Crippen LogP contribution in [0.3, 0.4) is 0 Å². The molecule has 3 atom stereocenters. The predicted octanol–water partition coefficient (Wildman–Crippen LogP) is 6.05. The van der Waals surface area contributed by atoms with Crippen LogP contribution < -0.4 is 10.6 Å². The third kappa shape index (κ3) is 7.53. The summed E-state index contributed by atoms with van der Waals surface area (Å²) >= 11 is 2.31.